The topological polar surface area (TPSA) is 68.7 Å². The normalized spacial score (nSPS) is 10.5. The average molecular weight is 428 g/mol. The number of ether oxygens (including phenoxy) is 2. The van der Waals surface area contributed by atoms with E-state index in [0.29, 0.717) is 16.6 Å². The van der Waals surface area contributed by atoms with Gasteiger partial charge in [-0.3, -0.25) is 9.69 Å². The Morgan fingerprint density at radius 1 is 1.10 bits per heavy atom. The molecule has 1 heterocycles. The molecule has 156 valence electrons. The lowest BCUT2D eigenvalue weighted by Gasteiger charge is -2.18. The number of thiazole rings is 1. The Hall–Kier alpha value is -3.26. The van der Waals surface area contributed by atoms with Gasteiger partial charge >= 0.3 is 5.97 Å². The van der Waals surface area contributed by atoms with Gasteiger partial charge in [0.05, 0.1) is 11.4 Å². The Morgan fingerprint density at radius 2 is 1.80 bits per heavy atom. The van der Waals surface area contributed by atoms with E-state index >= 15 is 0 Å². The molecule has 0 radical (unpaired) electrons. The lowest BCUT2D eigenvalue weighted by Crippen LogP contribution is -2.23. The molecule has 2 aromatic carbocycles. The molecule has 1 aromatic heterocycles. The molecule has 0 N–H and O–H groups in total. The van der Waals surface area contributed by atoms with E-state index in [-0.39, 0.29) is 24.8 Å². The molecule has 0 unspecified atom stereocenters. The number of benzene rings is 2. The van der Waals surface area contributed by atoms with E-state index in [4.69, 9.17) is 9.47 Å². The number of para-hydroxylation sites is 2. The molecule has 3 aromatic rings. The summed E-state index contributed by atoms with van der Waals surface area (Å²) in [6.45, 7) is 4.84. The van der Waals surface area contributed by atoms with Crippen LogP contribution in [0.5, 0.6) is 5.75 Å². The first-order valence-corrected chi connectivity index (χ1v) is 10.1. The van der Waals surface area contributed by atoms with E-state index in [2.05, 4.69) is 4.98 Å². The molecule has 3 rings (SSSR count). The summed E-state index contributed by atoms with van der Waals surface area (Å²) in [4.78, 5) is 29.6. The van der Waals surface area contributed by atoms with E-state index < -0.39 is 11.8 Å². The quantitative estimate of drug-likeness (QED) is 0.510. The molecule has 0 atom stereocenters. The number of amides is 1. The number of carbonyl (C=O) groups is 2. The number of anilines is 2. The van der Waals surface area contributed by atoms with Crippen LogP contribution in [0.2, 0.25) is 0 Å². The Kier molecular flexibility index (Phi) is 6.79. The van der Waals surface area contributed by atoms with E-state index in [9.17, 15) is 14.0 Å². The lowest BCUT2D eigenvalue weighted by atomic mass is 10.1. The second kappa shape index (κ2) is 9.49. The highest BCUT2D eigenvalue weighted by molar-refractivity contribution is 7.14. The summed E-state index contributed by atoms with van der Waals surface area (Å²) in [5.74, 6) is -0.781. The van der Waals surface area contributed by atoms with E-state index in [1.165, 1.54) is 24.0 Å². The Labute approximate surface area is 177 Å². The lowest BCUT2D eigenvalue weighted by molar-refractivity contribution is -0.147. The zero-order chi connectivity index (χ0) is 21.7. The fraction of sp³-hybridized carbons (Fsp3) is 0.227. The molecule has 0 saturated carbocycles. The minimum atomic E-state index is -0.537. The summed E-state index contributed by atoms with van der Waals surface area (Å²) >= 11 is 1.16. The second-order valence-corrected chi connectivity index (χ2v) is 7.43. The number of rotatable bonds is 7. The van der Waals surface area contributed by atoms with Crippen molar-refractivity contribution in [1.82, 2.24) is 4.98 Å². The molecule has 6 nitrogen and oxygen atoms in total. The monoisotopic (exact) mass is 428 g/mol. The van der Waals surface area contributed by atoms with Crippen LogP contribution in [0.4, 0.5) is 15.2 Å². The molecular formula is C22H21FN2O4S. The van der Waals surface area contributed by atoms with E-state index in [1.54, 1.807) is 17.5 Å². The van der Waals surface area contributed by atoms with Gasteiger partial charge in [-0.1, -0.05) is 30.3 Å². The molecule has 0 fully saturated rings. The minimum absolute atomic E-state index is 0.0749. The van der Waals surface area contributed by atoms with Crippen molar-refractivity contribution in [3.63, 3.8) is 0 Å². The maximum Gasteiger partial charge on any atom is 0.344 e. The zero-order valence-corrected chi connectivity index (χ0v) is 17.7. The van der Waals surface area contributed by atoms with Crippen molar-refractivity contribution >= 4 is 34.0 Å². The number of aromatic nitrogens is 1. The van der Waals surface area contributed by atoms with Gasteiger partial charge in [0.1, 0.15) is 18.2 Å². The van der Waals surface area contributed by atoms with Crippen LogP contribution >= 0.6 is 11.3 Å². The molecule has 0 aliphatic carbocycles. The summed E-state index contributed by atoms with van der Waals surface area (Å²) in [5.41, 5.74) is 2.44. The van der Waals surface area contributed by atoms with Crippen LogP contribution in [0.15, 0.2) is 47.8 Å². The van der Waals surface area contributed by atoms with Gasteiger partial charge in [0, 0.05) is 12.3 Å². The van der Waals surface area contributed by atoms with Crippen LogP contribution in [0.25, 0.3) is 0 Å². The average Bonchev–Trinajstić information content (AvgIpc) is 3.16. The number of hydrogen-bond donors (Lipinski definition) is 0. The highest BCUT2D eigenvalue weighted by Gasteiger charge is 2.21. The summed E-state index contributed by atoms with van der Waals surface area (Å²) in [7, 11) is 0. The number of aryl methyl sites for hydroxylation is 2. The van der Waals surface area contributed by atoms with Crippen LogP contribution in [0.1, 0.15) is 23.7 Å². The maximum absolute atomic E-state index is 14.1. The second-order valence-electron chi connectivity index (χ2n) is 6.60. The number of hydrogen-bond acceptors (Lipinski definition) is 6. The largest absolute Gasteiger partial charge is 0.481 e. The highest BCUT2D eigenvalue weighted by Crippen LogP contribution is 2.31. The van der Waals surface area contributed by atoms with Crippen molar-refractivity contribution in [3.05, 3.63) is 70.5 Å². The Bertz CT molecular complexity index is 1050. The van der Waals surface area contributed by atoms with Crippen LogP contribution in [0.3, 0.4) is 0 Å². The van der Waals surface area contributed by atoms with Crippen LogP contribution in [-0.4, -0.2) is 23.5 Å². The number of nitrogens with zero attached hydrogens (tertiary/aromatic N) is 2. The Morgan fingerprint density at radius 3 is 2.47 bits per heavy atom. The van der Waals surface area contributed by atoms with E-state index in [1.807, 2.05) is 32.0 Å². The van der Waals surface area contributed by atoms with Gasteiger partial charge in [-0.15, -0.1) is 11.3 Å². The smallest absolute Gasteiger partial charge is 0.344 e. The van der Waals surface area contributed by atoms with E-state index in [0.717, 1.165) is 22.5 Å². The minimum Gasteiger partial charge on any atom is -0.481 e. The molecule has 0 aliphatic heterocycles. The van der Waals surface area contributed by atoms with Crippen molar-refractivity contribution in [3.8, 4) is 5.75 Å². The van der Waals surface area contributed by atoms with Crippen molar-refractivity contribution in [2.24, 2.45) is 0 Å². The van der Waals surface area contributed by atoms with Gasteiger partial charge in [0.2, 0.25) is 5.91 Å². The first-order chi connectivity index (χ1) is 14.4. The molecule has 8 heteroatoms. The van der Waals surface area contributed by atoms with Gasteiger partial charge < -0.3 is 9.47 Å². The SMILES string of the molecule is CC(=O)N(c1nc(COC(=O)COc2c(C)cccc2C)cs1)c1ccccc1F. The van der Waals surface area contributed by atoms with Crippen LogP contribution < -0.4 is 9.64 Å². The van der Waals surface area contributed by atoms with Crippen molar-refractivity contribution in [2.75, 3.05) is 11.5 Å². The van der Waals surface area contributed by atoms with Gasteiger partial charge in [-0.05, 0) is 37.1 Å². The summed E-state index contributed by atoms with van der Waals surface area (Å²) in [5, 5.41) is 1.96. The summed E-state index contributed by atoms with van der Waals surface area (Å²) in [6.07, 6.45) is 0. The van der Waals surface area contributed by atoms with Crippen LogP contribution in [0, 0.1) is 19.7 Å². The molecular weight excluding hydrogens is 407 g/mol. The van der Waals surface area contributed by atoms with Gasteiger partial charge in [-0.25, -0.2) is 14.2 Å². The third-order valence-corrected chi connectivity index (χ3v) is 5.14. The first-order valence-electron chi connectivity index (χ1n) is 9.21. The molecule has 0 saturated heterocycles. The standard InChI is InChI=1S/C22H21FN2O4S/c1-14-7-6-8-15(2)21(14)29-12-20(27)28-11-17-13-30-22(24-17)25(16(3)26)19-10-5-4-9-18(19)23/h4-10,13H,11-12H2,1-3H3. The molecule has 30 heavy (non-hydrogen) atoms. The van der Waals surface area contributed by atoms with Crippen molar-refractivity contribution < 1.29 is 23.5 Å². The van der Waals surface area contributed by atoms with Crippen molar-refractivity contribution in [1.29, 1.82) is 0 Å². The summed E-state index contributed by atoms with van der Waals surface area (Å²) < 4.78 is 24.9. The molecule has 0 spiro atoms. The number of carbonyl (C=O) groups excluding carboxylic acids is 2. The summed E-state index contributed by atoms with van der Waals surface area (Å²) in [6, 6.07) is 11.7. The van der Waals surface area contributed by atoms with Gasteiger partial charge in [0.25, 0.3) is 0 Å². The first kappa shape index (κ1) is 21.4. The molecule has 0 bridgehead atoms. The zero-order valence-electron chi connectivity index (χ0n) is 16.8. The predicted molar refractivity (Wildman–Crippen MR) is 113 cm³/mol. The third-order valence-electron chi connectivity index (χ3n) is 4.26. The molecule has 0 aliphatic rings. The predicted octanol–water partition coefficient (Wildman–Crippen LogP) is 4.71. The number of esters is 1. The molecule has 1 amide bonds. The van der Waals surface area contributed by atoms with Crippen molar-refractivity contribution in [2.45, 2.75) is 27.4 Å². The van der Waals surface area contributed by atoms with Gasteiger partial charge in [-0.2, -0.15) is 0 Å². The Balaban J connectivity index is 1.62. The third kappa shape index (κ3) is 5.01. The maximum atomic E-state index is 14.1. The highest BCUT2D eigenvalue weighted by atomic mass is 32.1. The number of halogens is 1. The van der Waals surface area contributed by atoms with Gasteiger partial charge in [0.15, 0.2) is 11.7 Å². The van der Waals surface area contributed by atoms with Crippen LogP contribution in [-0.2, 0) is 20.9 Å². The fourth-order valence-electron chi connectivity index (χ4n) is 2.86. The fourth-order valence-corrected chi connectivity index (χ4v) is 3.72.